The van der Waals surface area contributed by atoms with Gasteiger partial charge in [-0.15, -0.1) is 0 Å². The van der Waals surface area contributed by atoms with Crippen LogP contribution in [-0.4, -0.2) is 47.4 Å². The van der Waals surface area contributed by atoms with Crippen molar-refractivity contribution in [3.8, 4) is 0 Å². The summed E-state index contributed by atoms with van der Waals surface area (Å²) in [6, 6.07) is 20.3. The molecule has 7 nitrogen and oxygen atoms in total. The Morgan fingerprint density at radius 1 is 0.930 bits per heavy atom. The van der Waals surface area contributed by atoms with Crippen molar-refractivity contribution in [2.45, 2.75) is 58.2 Å². The Kier molecular flexibility index (Phi) is 9.06. The number of nitrogens with zero attached hydrogens (tertiary/aromatic N) is 2. The summed E-state index contributed by atoms with van der Waals surface area (Å²) in [5.41, 5.74) is 2.75. The van der Waals surface area contributed by atoms with Crippen molar-refractivity contribution in [2.75, 3.05) is 19.7 Å². The first-order valence-electron chi connectivity index (χ1n) is 14.6. The molecule has 3 aromatic carbocycles. The summed E-state index contributed by atoms with van der Waals surface area (Å²) in [5, 5.41) is 0.420. The van der Waals surface area contributed by atoms with Crippen molar-refractivity contribution in [3.05, 3.63) is 117 Å². The molecule has 0 saturated carbocycles. The highest BCUT2D eigenvalue weighted by molar-refractivity contribution is 5.96. The zero-order valence-corrected chi connectivity index (χ0v) is 24.8. The van der Waals surface area contributed by atoms with E-state index in [1.54, 1.807) is 48.5 Å². The van der Waals surface area contributed by atoms with Crippen molar-refractivity contribution in [1.29, 1.82) is 0 Å². The van der Waals surface area contributed by atoms with Gasteiger partial charge in [0.15, 0.2) is 5.43 Å². The number of rotatable bonds is 9. The smallest absolute Gasteiger partial charge is 0.254 e. The van der Waals surface area contributed by atoms with E-state index in [9.17, 15) is 18.8 Å². The molecule has 1 saturated heterocycles. The van der Waals surface area contributed by atoms with E-state index in [1.165, 1.54) is 28.2 Å². The molecule has 0 bridgehead atoms. The lowest BCUT2D eigenvalue weighted by atomic mass is 9.86. The number of carbonyl (C=O) groups is 2. The largest absolute Gasteiger partial charge is 0.464 e. The molecule has 5 rings (SSSR count). The Bertz CT molecular complexity index is 1630. The van der Waals surface area contributed by atoms with Crippen LogP contribution in [0.4, 0.5) is 4.39 Å². The molecule has 1 unspecified atom stereocenters. The molecule has 8 heteroatoms. The van der Waals surface area contributed by atoms with Gasteiger partial charge in [-0.05, 0) is 65.8 Å². The minimum Gasteiger partial charge on any atom is -0.464 e. The van der Waals surface area contributed by atoms with Crippen LogP contribution in [0, 0.1) is 5.82 Å². The number of ether oxygens (including phenoxy) is 1. The molecule has 4 aromatic rings. The summed E-state index contributed by atoms with van der Waals surface area (Å²) < 4.78 is 25.2. The maximum absolute atomic E-state index is 14.0. The molecular weight excluding hydrogens is 547 g/mol. The molecule has 0 N–H and O–H groups in total. The van der Waals surface area contributed by atoms with Gasteiger partial charge in [-0.25, -0.2) is 4.39 Å². The van der Waals surface area contributed by atoms with Crippen LogP contribution >= 0.6 is 0 Å². The first kappa shape index (κ1) is 30.2. The summed E-state index contributed by atoms with van der Waals surface area (Å²) >= 11 is 0. The van der Waals surface area contributed by atoms with E-state index in [-0.39, 0.29) is 60.8 Å². The Morgan fingerprint density at radius 3 is 2.33 bits per heavy atom. The third kappa shape index (κ3) is 7.38. The second-order valence-corrected chi connectivity index (χ2v) is 12.1. The SMILES string of the molecule is CC(C)(C)c1ccc(C(=O)N(CC(=O)N(Cc2ccc(F)cc2)Cc2coc3ccccc3c2=O)CC2CCCO2)cc1. The van der Waals surface area contributed by atoms with Crippen LogP contribution in [0.2, 0.25) is 0 Å². The Balaban J connectivity index is 1.43. The van der Waals surface area contributed by atoms with Crippen LogP contribution in [0.3, 0.4) is 0 Å². The van der Waals surface area contributed by atoms with E-state index in [0.29, 0.717) is 34.3 Å². The predicted molar refractivity (Wildman–Crippen MR) is 163 cm³/mol. The van der Waals surface area contributed by atoms with E-state index in [4.69, 9.17) is 9.15 Å². The van der Waals surface area contributed by atoms with Crippen molar-refractivity contribution in [1.82, 2.24) is 9.80 Å². The van der Waals surface area contributed by atoms with E-state index in [2.05, 4.69) is 20.8 Å². The fourth-order valence-corrected chi connectivity index (χ4v) is 5.29. The van der Waals surface area contributed by atoms with E-state index >= 15 is 0 Å². The minimum absolute atomic E-state index is 0.0361. The van der Waals surface area contributed by atoms with Crippen LogP contribution in [0.5, 0.6) is 0 Å². The maximum atomic E-state index is 14.0. The molecule has 224 valence electrons. The standard InChI is InChI=1S/C35H37FN2O5/c1-35(2,3)27-14-12-25(13-15-27)34(41)38(21-29-7-6-18-42-29)22-32(39)37(19-24-10-16-28(36)17-11-24)20-26-23-43-31-9-5-4-8-30(31)33(26)40/h4-5,8-17,23,29H,6-7,18-22H2,1-3H3. The third-order valence-corrected chi connectivity index (χ3v) is 7.81. The van der Waals surface area contributed by atoms with Crippen LogP contribution < -0.4 is 5.43 Å². The number of para-hydroxylation sites is 1. The van der Waals surface area contributed by atoms with Crippen molar-refractivity contribution in [3.63, 3.8) is 0 Å². The topological polar surface area (TPSA) is 80.1 Å². The highest BCUT2D eigenvalue weighted by atomic mass is 19.1. The summed E-state index contributed by atoms with van der Waals surface area (Å²) in [7, 11) is 0. The van der Waals surface area contributed by atoms with Gasteiger partial charge in [0.25, 0.3) is 5.91 Å². The molecule has 43 heavy (non-hydrogen) atoms. The molecule has 2 amide bonds. The summed E-state index contributed by atoms with van der Waals surface area (Å²) in [5.74, 6) is -1.01. The lowest BCUT2D eigenvalue weighted by Crippen LogP contribution is -2.45. The Hall–Kier alpha value is -4.30. The third-order valence-electron chi connectivity index (χ3n) is 7.81. The maximum Gasteiger partial charge on any atom is 0.254 e. The number of halogens is 1. The van der Waals surface area contributed by atoms with Gasteiger partial charge < -0.3 is 19.0 Å². The van der Waals surface area contributed by atoms with Gasteiger partial charge in [0.05, 0.1) is 29.9 Å². The van der Waals surface area contributed by atoms with Gasteiger partial charge >= 0.3 is 0 Å². The first-order valence-corrected chi connectivity index (χ1v) is 14.6. The lowest BCUT2D eigenvalue weighted by molar-refractivity contribution is -0.133. The zero-order chi connectivity index (χ0) is 30.6. The van der Waals surface area contributed by atoms with Gasteiger partial charge in [-0.3, -0.25) is 14.4 Å². The van der Waals surface area contributed by atoms with Crippen LogP contribution in [0.1, 0.15) is 60.7 Å². The molecule has 1 aliphatic heterocycles. The molecule has 2 heterocycles. The van der Waals surface area contributed by atoms with Gasteiger partial charge in [0.1, 0.15) is 17.9 Å². The van der Waals surface area contributed by atoms with E-state index < -0.39 is 0 Å². The number of hydrogen-bond donors (Lipinski definition) is 0. The number of hydrogen-bond acceptors (Lipinski definition) is 5. The monoisotopic (exact) mass is 584 g/mol. The normalized spacial score (nSPS) is 15.0. The highest BCUT2D eigenvalue weighted by Crippen LogP contribution is 2.23. The van der Waals surface area contributed by atoms with Crippen LogP contribution in [0.25, 0.3) is 11.0 Å². The zero-order valence-electron chi connectivity index (χ0n) is 24.8. The fourth-order valence-electron chi connectivity index (χ4n) is 5.29. The Morgan fingerprint density at radius 2 is 1.65 bits per heavy atom. The average molecular weight is 585 g/mol. The van der Waals surface area contributed by atoms with Gasteiger partial charge in [0.2, 0.25) is 5.91 Å². The average Bonchev–Trinajstić information content (AvgIpc) is 3.51. The first-order chi connectivity index (χ1) is 20.6. The van der Waals surface area contributed by atoms with Crippen LogP contribution in [0.15, 0.2) is 88.3 Å². The molecule has 1 fully saturated rings. The molecule has 1 aromatic heterocycles. The predicted octanol–water partition coefficient (Wildman–Crippen LogP) is 6.08. The van der Waals surface area contributed by atoms with E-state index in [1.807, 2.05) is 12.1 Å². The van der Waals surface area contributed by atoms with Crippen molar-refractivity contribution < 1.29 is 23.1 Å². The number of carbonyl (C=O) groups excluding carboxylic acids is 2. The molecule has 0 radical (unpaired) electrons. The molecule has 0 spiro atoms. The van der Waals surface area contributed by atoms with E-state index in [0.717, 1.165) is 18.4 Å². The molecular formula is C35H37FN2O5. The number of fused-ring (bicyclic) bond motifs is 1. The second-order valence-electron chi connectivity index (χ2n) is 12.1. The van der Waals surface area contributed by atoms with Crippen LogP contribution in [-0.2, 0) is 28.0 Å². The summed E-state index contributed by atoms with van der Waals surface area (Å²) in [4.78, 5) is 44.1. The molecule has 1 aliphatic rings. The lowest BCUT2D eigenvalue weighted by Gasteiger charge is -2.29. The second kappa shape index (κ2) is 12.9. The fraction of sp³-hybridized carbons (Fsp3) is 0.343. The Labute approximate surface area is 250 Å². The molecule has 1 atom stereocenters. The quantitative estimate of drug-likeness (QED) is 0.238. The van der Waals surface area contributed by atoms with Gasteiger partial charge in [0, 0.05) is 25.3 Å². The van der Waals surface area contributed by atoms with Crippen molar-refractivity contribution in [2.24, 2.45) is 0 Å². The minimum atomic E-state index is -0.386. The highest BCUT2D eigenvalue weighted by Gasteiger charge is 2.28. The number of amides is 2. The van der Waals surface area contributed by atoms with Crippen molar-refractivity contribution >= 4 is 22.8 Å². The van der Waals surface area contributed by atoms with Gasteiger partial charge in [-0.1, -0.05) is 57.2 Å². The van der Waals surface area contributed by atoms with Gasteiger partial charge in [-0.2, -0.15) is 0 Å². The summed E-state index contributed by atoms with van der Waals surface area (Å²) in [6.07, 6.45) is 2.92. The number of benzene rings is 3. The summed E-state index contributed by atoms with van der Waals surface area (Å²) in [6.45, 7) is 7.09. The molecule has 0 aliphatic carbocycles.